The van der Waals surface area contributed by atoms with E-state index in [1.165, 1.54) is 6.42 Å². The minimum absolute atomic E-state index is 0.228. The van der Waals surface area contributed by atoms with E-state index in [1.54, 1.807) is 0 Å². The molecular weight excluding hydrogens is 294 g/mol. The molecule has 0 saturated carbocycles. The lowest BCUT2D eigenvalue weighted by molar-refractivity contribution is 0.191. The molecule has 23 heavy (non-hydrogen) atoms. The van der Waals surface area contributed by atoms with E-state index < -0.39 is 6.09 Å². The van der Waals surface area contributed by atoms with Crippen LogP contribution in [0.2, 0.25) is 0 Å². The van der Waals surface area contributed by atoms with Crippen molar-refractivity contribution in [3.8, 4) is 5.75 Å². The summed E-state index contributed by atoms with van der Waals surface area (Å²) < 4.78 is 5.79. The maximum Gasteiger partial charge on any atom is 0.405 e. The van der Waals surface area contributed by atoms with Gasteiger partial charge >= 0.3 is 6.09 Å². The first-order valence-electron chi connectivity index (χ1n) is 8.06. The molecule has 1 fully saturated rings. The van der Waals surface area contributed by atoms with Crippen molar-refractivity contribution in [2.75, 3.05) is 40.3 Å². The van der Waals surface area contributed by atoms with Crippen LogP contribution in [0.15, 0.2) is 24.3 Å². The van der Waals surface area contributed by atoms with Crippen molar-refractivity contribution in [1.82, 2.24) is 15.1 Å². The quantitative estimate of drug-likeness (QED) is 0.804. The van der Waals surface area contributed by atoms with Crippen molar-refractivity contribution in [1.29, 1.82) is 0 Å². The van der Waals surface area contributed by atoms with Gasteiger partial charge < -0.3 is 20.1 Å². The monoisotopic (exact) mass is 321 g/mol. The summed E-state index contributed by atoms with van der Waals surface area (Å²) in [6.45, 7) is 5.65. The number of rotatable bonds is 7. The Morgan fingerprint density at radius 1 is 1.43 bits per heavy atom. The normalized spacial score (nSPS) is 19.7. The Morgan fingerprint density at radius 2 is 2.13 bits per heavy atom. The van der Waals surface area contributed by atoms with E-state index >= 15 is 0 Å². The lowest BCUT2D eigenvalue weighted by atomic mass is 10.1. The van der Waals surface area contributed by atoms with E-state index in [1.807, 2.05) is 31.2 Å². The van der Waals surface area contributed by atoms with E-state index in [4.69, 9.17) is 9.84 Å². The molecule has 0 radical (unpaired) electrons. The van der Waals surface area contributed by atoms with Crippen LogP contribution >= 0.6 is 0 Å². The van der Waals surface area contributed by atoms with Gasteiger partial charge in [-0.1, -0.05) is 12.1 Å². The minimum atomic E-state index is -1.01. The van der Waals surface area contributed by atoms with Gasteiger partial charge in [0.2, 0.25) is 0 Å². The average Bonchev–Trinajstić information content (AvgIpc) is 2.96. The number of ether oxygens (including phenoxy) is 1. The second kappa shape index (κ2) is 8.17. The molecule has 1 aliphatic heterocycles. The number of carboxylic acid groups (broad SMARTS) is 1. The Balaban J connectivity index is 1.73. The smallest absolute Gasteiger partial charge is 0.405 e. The Labute approximate surface area is 138 Å². The molecule has 128 valence electrons. The largest absolute Gasteiger partial charge is 0.492 e. The van der Waals surface area contributed by atoms with Gasteiger partial charge in [0, 0.05) is 19.1 Å². The van der Waals surface area contributed by atoms with E-state index in [2.05, 4.69) is 29.2 Å². The summed E-state index contributed by atoms with van der Waals surface area (Å²) in [6.07, 6.45) is 0.204. The molecule has 6 nitrogen and oxygen atoms in total. The van der Waals surface area contributed by atoms with Crippen LogP contribution in [-0.2, 0) is 0 Å². The van der Waals surface area contributed by atoms with Crippen molar-refractivity contribution < 1.29 is 14.6 Å². The zero-order valence-corrected chi connectivity index (χ0v) is 14.2. The highest BCUT2D eigenvalue weighted by atomic mass is 16.5. The van der Waals surface area contributed by atoms with Crippen molar-refractivity contribution in [2.45, 2.75) is 25.4 Å². The van der Waals surface area contributed by atoms with Crippen molar-refractivity contribution in [3.63, 3.8) is 0 Å². The number of amides is 1. The Hall–Kier alpha value is -1.79. The van der Waals surface area contributed by atoms with Gasteiger partial charge in [-0.05, 0) is 51.7 Å². The lowest BCUT2D eigenvalue weighted by Crippen LogP contribution is -2.33. The first kappa shape index (κ1) is 17.6. The maximum atomic E-state index is 10.6. The van der Waals surface area contributed by atoms with E-state index in [9.17, 15) is 4.79 Å². The number of nitrogens with one attached hydrogen (secondary N) is 1. The predicted octanol–water partition coefficient (Wildman–Crippen LogP) is 2.03. The second-order valence-electron chi connectivity index (χ2n) is 6.30. The number of likely N-dealkylation sites (tertiary alicyclic amines) is 1. The van der Waals surface area contributed by atoms with Gasteiger partial charge in [-0.15, -0.1) is 0 Å². The standard InChI is InChI=1S/C17H27N3O3/c1-13(18-17(21)22)14-4-6-16(7-5-14)23-11-10-20-9-8-15(12-20)19(2)3/h4-7,13,15,18H,8-12H2,1-3H3,(H,21,22). The molecule has 1 amide bonds. The fraction of sp³-hybridized carbons (Fsp3) is 0.588. The van der Waals surface area contributed by atoms with Crippen molar-refractivity contribution >= 4 is 6.09 Å². The van der Waals surface area contributed by atoms with Gasteiger partial charge in [0.05, 0.1) is 6.04 Å². The zero-order valence-electron chi connectivity index (χ0n) is 14.2. The summed E-state index contributed by atoms with van der Waals surface area (Å²) in [5, 5.41) is 11.2. The van der Waals surface area contributed by atoms with Crippen molar-refractivity contribution in [3.05, 3.63) is 29.8 Å². The topological polar surface area (TPSA) is 65.0 Å². The zero-order chi connectivity index (χ0) is 16.8. The summed E-state index contributed by atoms with van der Waals surface area (Å²) in [5.74, 6) is 0.819. The van der Waals surface area contributed by atoms with Gasteiger partial charge in [-0.25, -0.2) is 4.79 Å². The molecule has 6 heteroatoms. The number of carbonyl (C=O) groups is 1. The average molecular weight is 321 g/mol. The predicted molar refractivity (Wildman–Crippen MR) is 90.0 cm³/mol. The Bertz CT molecular complexity index is 504. The highest BCUT2D eigenvalue weighted by Gasteiger charge is 2.23. The molecule has 2 unspecified atom stereocenters. The molecule has 0 spiro atoms. The molecule has 0 aliphatic carbocycles. The van der Waals surface area contributed by atoms with E-state index in [0.29, 0.717) is 12.6 Å². The van der Waals surface area contributed by atoms with Crippen LogP contribution in [0, 0.1) is 0 Å². The minimum Gasteiger partial charge on any atom is -0.492 e. The molecule has 2 atom stereocenters. The number of likely N-dealkylation sites (N-methyl/N-ethyl adjacent to an activating group) is 1. The van der Waals surface area contributed by atoms with Gasteiger partial charge in [-0.3, -0.25) is 4.90 Å². The summed E-state index contributed by atoms with van der Waals surface area (Å²) in [6, 6.07) is 8.00. The number of benzene rings is 1. The molecule has 0 aromatic heterocycles. The first-order valence-corrected chi connectivity index (χ1v) is 8.06. The lowest BCUT2D eigenvalue weighted by Gasteiger charge is -2.20. The molecule has 1 heterocycles. The maximum absolute atomic E-state index is 10.6. The highest BCUT2D eigenvalue weighted by molar-refractivity contribution is 5.65. The molecule has 1 saturated heterocycles. The summed E-state index contributed by atoms with van der Waals surface area (Å²) >= 11 is 0. The van der Waals surface area contributed by atoms with Crippen LogP contribution < -0.4 is 10.1 Å². The SMILES string of the molecule is CC(NC(=O)O)c1ccc(OCCN2CCC(N(C)C)C2)cc1. The van der Waals surface area contributed by atoms with Crippen LogP contribution in [0.3, 0.4) is 0 Å². The van der Waals surface area contributed by atoms with Gasteiger partial charge in [-0.2, -0.15) is 0 Å². The van der Waals surface area contributed by atoms with Crippen LogP contribution in [0.5, 0.6) is 5.75 Å². The molecule has 0 bridgehead atoms. The number of hydrogen-bond donors (Lipinski definition) is 2. The van der Waals surface area contributed by atoms with Crippen molar-refractivity contribution in [2.24, 2.45) is 0 Å². The molecule has 1 aromatic carbocycles. The summed E-state index contributed by atoms with van der Waals surface area (Å²) in [5.41, 5.74) is 0.924. The third kappa shape index (κ3) is 5.41. The summed E-state index contributed by atoms with van der Waals surface area (Å²) in [4.78, 5) is 15.4. The second-order valence-corrected chi connectivity index (χ2v) is 6.30. The van der Waals surface area contributed by atoms with Crippen LogP contribution in [-0.4, -0.2) is 67.4 Å². The third-order valence-electron chi connectivity index (χ3n) is 4.37. The third-order valence-corrected chi connectivity index (χ3v) is 4.37. The van der Waals surface area contributed by atoms with Crippen LogP contribution in [0.25, 0.3) is 0 Å². The molecule has 1 aromatic rings. The van der Waals surface area contributed by atoms with Gasteiger partial charge in [0.15, 0.2) is 0 Å². The van der Waals surface area contributed by atoms with Crippen LogP contribution in [0.4, 0.5) is 4.79 Å². The van der Waals surface area contributed by atoms with E-state index in [0.717, 1.165) is 30.9 Å². The fourth-order valence-electron chi connectivity index (χ4n) is 2.85. The van der Waals surface area contributed by atoms with E-state index in [-0.39, 0.29) is 6.04 Å². The highest BCUT2D eigenvalue weighted by Crippen LogP contribution is 2.18. The summed E-state index contributed by atoms with van der Waals surface area (Å²) in [7, 11) is 4.26. The fourth-order valence-corrected chi connectivity index (χ4v) is 2.85. The molecular formula is C17H27N3O3. The van der Waals surface area contributed by atoms with Gasteiger partial charge in [0.1, 0.15) is 12.4 Å². The molecule has 1 aliphatic rings. The van der Waals surface area contributed by atoms with Crippen LogP contribution in [0.1, 0.15) is 24.9 Å². The molecule has 2 rings (SSSR count). The Morgan fingerprint density at radius 3 is 2.70 bits per heavy atom. The number of nitrogens with zero attached hydrogens (tertiary/aromatic N) is 2. The number of hydrogen-bond acceptors (Lipinski definition) is 4. The first-order chi connectivity index (χ1) is 11.0. The molecule has 2 N–H and O–H groups in total. The van der Waals surface area contributed by atoms with Gasteiger partial charge in [0.25, 0.3) is 0 Å². The Kier molecular flexibility index (Phi) is 6.24.